The second-order valence-corrected chi connectivity index (χ2v) is 6.13. The van der Waals surface area contributed by atoms with Gasteiger partial charge in [-0.25, -0.2) is 0 Å². The molecule has 2 aliphatic rings. The molecule has 0 spiro atoms. The van der Waals surface area contributed by atoms with Crippen molar-refractivity contribution in [2.45, 2.75) is 45.4 Å². The van der Waals surface area contributed by atoms with Crippen molar-refractivity contribution in [2.24, 2.45) is 11.3 Å². The minimum absolute atomic E-state index is 0.0139. The number of carbonyl (C=O) groups excluding carboxylic acids is 1. The van der Waals surface area contributed by atoms with Gasteiger partial charge in [0, 0.05) is 17.9 Å². The fourth-order valence-electron chi connectivity index (χ4n) is 3.69. The molecule has 0 bridgehead atoms. The van der Waals surface area contributed by atoms with E-state index in [-0.39, 0.29) is 17.2 Å². The monoisotopic (exact) mass is 259 g/mol. The summed E-state index contributed by atoms with van der Waals surface area (Å²) in [6.45, 7) is 2.59. The van der Waals surface area contributed by atoms with Gasteiger partial charge in [-0.15, -0.1) is 0 Å². The Hall–Kier alpha value is -1.35. The molecule has 3 rings (SSSR count). The maximum absolute atomic E-state index is 12.5. The molecule has 1 aromatic rings. The highest BCUT2D eigenvalue weighted by Gasteiger charge is 2.56. The molecule has 1 aliphatic carbocycles. The highest BCUT2D eigenvalue weighted by Crippen LogP contribution is 2.50. The van der Waals surface area contributed by atoms with Crippen LogP contribution in [-0.2, 0) is 11.3 Å². The molecule has 1 N–H and O–H groups in total. The molecule has 1 aromatic carbocycles. The molecule has 0 radical (unpaired) electrons. The summed E-state index contributed by atoms with van der Waals surface area (Å²) in [5.74, 6) is 0.151. The van der Waals surface area contributed by atoms with Crippen LogP contribution in [0.5, 0.6) is 0 Å². The summed E-state index contributed by atoms with van der Waals surface area (Å²) in [5, 5.41) is 10.6. The highest BCUT2D eigenvalue weighted by atomic mass is 16.3. The average molecular weight is 259 g/mol. The van der Waals surface area contributed by atoms with Crippen LogP contribution in [-0.4, -0.2) is 22.1 Å². The fourth-order valence-corrected chi connectivity index (χ4v) is 3.69. The summed E-state index contributed by atoms with van der Waals surface area (Å²) in [7, 11) is 0. The number of aliphatic hydroxyl groups is 1. The minimum atomic E-state index is -0.634. The second-order valence-electron chi connectivity index (χ2n) is 6.13. The molecule has 2 fully saturated rings. The van der Waals surface area contributed by atoms with Crippen LogP contribution >= 0.6 is 0 Å². The van der Waals surface area contributed by atoms with Crippen LogP contribution in [0.1, 0.15) is 38.2 Å². The first-order chi connectivity index (χ1) is 9.13. The number of nitrogens with zero attached hydrogens (tertiary/aromatic N) is 1. The second kappa shape index (κ2) is 4.64. The van der Waals surface area contributed by atoms with Crippen LogP contribution in [0.25, 0.3) is 0 Å². The molecule has 3 heteroatoms. The number of aliphatic hydroxyl groups excluding tert-OH is 1. The van der Waals surface area contributed by atoms with Crippen molar-refractivity contribution >= 4 is 5.91 Å². The molecular weight excluding hydrogens is 238 g/mol. The van der Waals surface area contributed by atoms with Gasteiger partial charge in [-0.2, -0.15) is 0 Å². The molecule has 1 aliphatic heterocycles. The Morgan fingerprint density at radius 1 is 1.32 bits per heavy atom. The van der Waals surface area contributed by atoms with E-state index in [1.807, 2.05) is 30.3 Å². The van der Waals surface area contributed by atoms with E-state index in [9.17, 15) is 9.90 Å². The first kappa shape index (κ1) is 12.7. The van der Waals surface area contributed by atoms with Crippen LogP contribution < -0.4 is 0 Å². The lowest BCUT2D eigenvalue weighted by atomic mass is 9.68. The number of likely N-dealkylation sites (tertiary alicyclic amines) is 1. The smallest absolute Gasteiger partial charge is 0.228 e. The normalized spacial score (nSPS) is 34.4. The summed E-state index contributed by atoms with van der Waals surface area (Å²) < 4.78 is 0. The van der Waals surface area contributed by atoms with Gasteiger partial charge >= 0.3 is 0 Å². The molecule has 3 atom stereocenters. The third kappa shape index (κ3) is 1.96. The van der Waals surface area contributed by atoms with Gasteiger partial charge in [-0.05, 0) is 18.4 Å². The van der Waals surface area contributed by atoms with Crippen molar-refractivity contribution in [3.05, 3.63) is 35.9 Å². The zero-order chi connectivity index (χ0) is 13.5. The van der Waals surface area contributed by atoms with Gasteiger partial charge in [0.05, 0.1) is 0 Å². The van der Waals surface area contributed by atoms with Crippen LogP contribution in [0.4, 0.5) is 0 Å². The number of amides is 1. The minimum Gasteiger partial charge on any atom is -0.373 e. The topological polar surface area (TPSA) is 40.5 Å². The van der Waals surface area contributed by atoms with Crippen LogP contribution in [0.2, 0.25) is 0 Å². The van der Waals surface area contributed by atoms with Crippen LogP contribution in [0.3, 0.4) is 0 Å². The van der Waals surface area contributed by atoms with Gasteiger partial charge in [0.2, 0.25) is 5.91 Å². The standard InChI is InChI=1S/C16H21NO2/c1-16-10-6-5-9-13(16)14(18)17(15(16)19)11-12-7-3-2-4-8-12/h2-4,7-8,13,15,19H,5-6,9-11H2,1H3/t13-,15?,16-/m1/s1. The van der Waals surface area contributed by atoms with Crippen molar-refractivity contribution in [2.75, 3.05) is 0 Å². The van der Waals surface area contributed by atoms with Crippen molar-refractivity contribution in [3.8, 4) is 0 Å². The van der Waals surface area contributed by atoms with E-state index in [1.54, 1.807) is 4.90 Å². The van der Waals surface area contributed by atoms with E-state index in [4.69, 9.17) is 0 Å². The molecule has 0 aromatic heterocycles. The Labute approximate surface area is 114 Å². The zero-order valence-electron chi connectivity index (χ0n) is 11.4. The summed E-state index contributed by atoms with van der Waals surface area (Å²) >= 11 is 0. The Kier molecular flexibility index (Phi) is 3.09. The van der Waals surface area contributed by atoms with E-state index < -0.39 is 6.23 Å². The maximum Gasteiger partial charge on any atom is 0.228 e. The molecule has 102 valence electrons. The summed E-state index contributed by atoms with van der Waals surface area (Å²) in [6.07, 6.45) is 3.48. The SMILES string of the molecule is C[C@@]12CCCC[C@@H]1C(=O)N(Cc1ccccc1)C2O. The van der Waals surface area contributed by atoms with Gasteiger partial charge in [0.1, 0.15) is 6.23 Å². The predicted octanol–water partition coefficient (Wildman–Crippen LogP) is 2.54. The Morgan fingerprint density at radius 2 is 2.05 bits per heavy atom. The van der Waals surface area contributed by atoms with Crippen molar-refractivity contribution in [1.29, 1.82) is 0 Å². The predicted molar refractivity (Wildman–Crippen MR) is 73.1 cm³/mol. The largest absolute Gasteiger partial charge is 0.373 e. The number of hydrogen-bond donors (Lipinski definition) is 1. The van der Waals surface area contributed by atoms with E-state index in [0.717, 1.165) is 31.2 Å². The number of benzene rings is 1. The molecule has 1 amide bonds. The quantitative estimate of drug-likeness (QED) is 0.886. The zero-order valence-corrected chi connectivity index (χ0v) is 11.4. The third-order valence-corrected chi connectivity index (χ3v) is 4.92. The molecule has 1 heterocycles. The van der Waals surface area contributed by atoms with Gasteiger partial charge < -0.3 is 10.0 Å². The fraction of sp³-hybridized carbons (Fsp3) is 0.562. The number of hydrogen-bond acceptors (Lipinski definition) is 2. The van der Waals surface area contributed by atoms with Crippen molar-refractivity contribution in [3.63, 3.8) is 0 Å². The van der Waals surface area contributed by atoms with Gasteiger partial charge in [0.25, 0.3) is 0 Å². The lowest BCUT2D eigenvalue weighted by Gasteiger charge is -2.36. The van der Waals surface area contributed by atoms with E-state index in [2.05, 4.69) is 6.92 Å². The maximum atomic E-state index is 12.5. The molecule has 1 unspecified atom stereocenters. The van der Waals surface area contributed by atoms with E-state index >= 15 is 0 Å². The Bertz CT molecular complexity index is 473. The highest BCUT2D eigenvalue weighted by molar-refractivity contribution is 5.82. The summed E-state index contributed by atoms with van der Waals surface area (Å²) in [6, 6.07) is 9.91. The third-order valence-electron chi connectivity index (χ3n) is 4.92. The van der Waals surface area contributed by atoms with Crippen molar-refractivity contribution in [1.82, 2.24) is 4.90 Å². The molecule has 19 heavy (non-hydrogen) atoms. The lowest BCUT2D eigenvalue weighted by molar-refractivity contribution is -0.136. The number of carbonyl (C=O) groups is 1. The van der Waals surface area contributed by atoms with Crippen LogP contribution in [0.15, 0.2) is 30.3 Å². The summed E-state index contributed by atoms with van der Waals surface area (Å²) in [5.41, 5.74) is 0.835. The first-order valence-electron chi connectivity index (χ1n) is 7.15. The Morgan fingerprint density at radius 3 is 2.74 bits per heavy atom. The molecule has 1 saturated carbocycles. The van der Waals surface area contributed by atoms with Crippen molar-refractivity contribution < 1.29 is 9.90 Å². The molecular formula is C16H21NO2. The molecule has 1 saturated heterocycles. The summed E-state index contributed by atoms with van der Waals surface area (Å²) in [4.78, 5) is 14.2. The number of fused-ring (bicyclic) bond motifs is 1. The van der Waals surface area contributed by atoms with E-state index in [0.29, 0.717) is 6.54 Å². The first-order valence-corrected chi connectivity index (χ1v) is 7.15. The average Bonchev–Trinajstić information content (AvgIpc) is 2.62. The van der Waals surface area contributed by atoms with E-state index in [1.165, 1.54) is 0 Å². The van der Waals surface area contributed by atoms with Crippen LogP contribution in [0, 0.1) is 11.3 Å². The molecule has 3 nitrogen and oxygen atoms in total. The Balaban J connectivity index is 1.85. The lowest BCUT2D eigenvalue weighted by Crippen LogP contribution is -2.40. The number of rotatable bonds is 2. The van der Waals surface area contributed by atoms with Gasteiger partial charge in [0.15, 0.2) is 0 Å². The van der Waals surface area contributed by atoms with Gasteiger partial charge in [-0.3, -0.25) is 4.79 Å². The van der Waals surface area contributed by atoms with Gasteiger partial charge in [-0.1, -0.05) is 50.1 Å².